The number of alkyl halides is 1. The molecule has 0 amide bonds. The van der Waals surface area contributed by atoms with Gasteiger partial charge in [0.25, 0.3) is 0 Å². The maximum absolute atomic E-state index is 12.1. The van der Waals surface area contributed by atoms with E-state index in [-0.39, 0.29) is 11.4 Å². The molecular formula is C14H16ClNO3S2. The van der Waals surface area contributed by atoms with Crippen LogP contribution in [0.2, 0.25) is 0 Å². The van der Waals surface area contributed by atoms with Crippen LogP contribution >= 0.6 is 22.9 Å². The number of aryl methyl sites for hydroxylation is 1. The summed E-state index contributed by atoms with van der Waals surface area (Å²) in [5.41, 5.74) is 1.70. The van der Waals surface area contributed by atoms with Crippen molar-refractivity contribution in [2.24, 2.45) is 0 Å². The molecule has 1 unspecified atom stereocenters. The summed E-state index contributed by atoms with van der Waals surface area (Å²) >= 11 is 7.10. The van der Waals surface area contributed by atoms with E-state index in [9.17, 15) is 13.5 Å². The van der Waals surface area contributed by atoms with E-state index < -0.39 is 16.1 Å². The fraction of sp³-hybridized carbons (Fsp3) is 0.286. The van der Waals surface area contributed by atoms with E-state index in [0.717, 1.165) is 5.56 Å². The lowest BCUT2D eigenvalue weighted by atomic mass is 10.2. The molecule has 0 aliphatic heterocycles. The zero-order valence-corrected chi connectivity index (χ0v) is 13.6. The van der Waals surface area contributed by atoms with E-state index in [4.69, 9.17) is 11.6 Å². The van der Waals surface area contributed by atoms with E-state index in [2.05, 4.69) is 4.72 Å². The van der Waals surface area contributed by atoms with Gasteiger partial charge < -0.3 is 5.11 Å². The number of hydrogen-bond donors (Lipinski definition) is 2. The molecule has 0 bridgehead atoms. The molecule has 0 fully saturated rings. The fourth-order valence-corrected chi connectivity index (χ4v) is 3.76. The third-order valence-corrected chi connectivity index (χ3v) is 5.34. The van der Waals surface area contributed by atoms with Crippen molar-refractivity contribution >= 4 is 33.0 Å². The Bertz CT molecular complexity index is 654. The number of aliphatic hydroxyl groups is 1. The molecular weight excluding hydrogens is 330 g/mol. The van der Waals surface area contributed by atoms with Gasteiger partial charge >= 0.3 is 0 Å². The molecule has 0 aliphatic rings. The predicted octanol–water partition coefficient (Wildman–Crippen LogP) is 2.54. The second-order valence-corrected chi connectivity index (χ2v) is 7.43. The molecule has 0 saturated carbocycles. The number of hydrogen-bond acceptors (Lipinski definition) is 4. The van der Waals surface area contributed by atoms with Crippen LogP contribution in [-0.2, 0) is 16.4 Å². The second kappa shape index (κ2) is 7.38. The molecule has 4 nitrogen and oxygen atoms in total. The van der Waals surface area contributed by atoms with E-state index in [1.54, 1.807) is 35.7 Å². The van der Waals surface area contributed by atoms with Crippen molar-refractivity contribution in [3.05, 3.63) is 52.2 Å². The summed E-state index contributed by atoms with van der Waals surface area (Å²) in [5.74, 6) is 0.497. The van der Waals surface area contributed by atoms with Gasteiger partial charge in [0, 0.05) is 12.4 Å². The Kier molecular flexibility index (Phi) is 5.78. The van der Waals surface area contributed by atoms with Gasteiger partial charge in [0.2, 0.25) is 10.0 Å². The SMILES string of the molecule is O=S(=O)(NCC(O)c1ccsc1)c1ccc(CCCl)cc1. The summed E-state index contributed by atoms with van der Waals surface area (Å²) in [5, 5.41) is 13.5. The van der Waals surface area contributed by atoms with Gasteiger partial charge in [-0.05, 0) is 46.5 Å². The van der Waals surface area contributed by atoms with E-state index in [1.165, 1.54) is 11.3 Å². The van der Waals surface area contributed by atoms with E-state index in [1.807, 2.05) is 5.38 Å². The number of aliphatic hydroxyl groups excluding tert-OH is 1. The lowest BCUT2D eigenvalue weighted by Gasteiger charge is -2.11. The molecule has 2 aromatic rings. The van der Waals surface area contributed by atoms with Crippen LogP contribution in [0.4, 0.5) is 0 Å². The minimum absolute atomic E-state index is 0.0531. The van der Waals surface area contributed by atoms with Gasteiger partial charge in [0.1, 0.15) is 0 Å². The Labute approximate surface area is 133 Å². The Balaban J connectivity index is 2.01. The van der Waals surface area contributed by atoms with Crippen LogP contribution in [0.15, 0.2) is 46.0 Å². The van der Waals surface area contributed by atoms with Gasteiger partial charge in [0.05, 0.1) is 11.0 Å². The first-order valence-corrected chi connectivity index (χ1v) is 9.34. The van der Waals surface area contributed by atoms with Crippen LogP contribution in [0.3, 0.4) is 0 Å². The highest BCUT2D eigenvalue weighted by atomic mass is 35.5. The molecule has 7 heteroatoms. The van der Waals surface area contributed by atoms with Crippen LogP contribution in [0.5, 0.6) is 0 Å². The van der Waals surface area contributed by atoms with Gasteiger partial charge in [-0.3, -0.25) is 0 Å². The molecule has 0 spiro atoms. The molecule has 0 saturated heterocycles. The van der Waals surface area contributed by atoms with Gasteiger partial charge in [-0.1, -0.05) is 12.1 Å². The van der Waals surface area contributed by atoms with Crippen LogP contribution in [0, 0.1) is 0 Å². The summed E-state index contributed by atoms with van der Waals surface area (Å²) in [6, 6.07) is 8.34. The summed E-state index contributed by atoms with van der Waals surface area (Å²) in [6.45, 7) is -0.0531. The molecule has 0 aliphatic carbocycles. The van der Waals surface area contributed by atoms with Gasteiger partial charge in [-0.15, -0.1) is 11.6 Å². The molecule has 1 aromatic carbocycles. The highest BCUT2D eigenvalue weighted by molar-refractivity contribution is 7.89. The van der Waals surface area contributed by atoms with Crippen LogP contribution in [-0.4, -0.2) is 25.9 Å². The van der Waals surface area contributed by atoms with Crippen molar-refractivity contribution < 1.29 is 13.5 Å². The first kappa shape index (κ1) is 16.5. The minimum atomic E-state index is -3.62. The average molecular weight is 346 g/mol. The Hall–Kier alpha value is -0.920. The molecule has 0 radical (unpaired) electrons. The summed E-state index contributed by atoms with van der Waals surface area (Å²) in [4.78, 5) is 0.179. The normalized spacial score (nSPS) is 13.2. The first-order valence-electron chi connectivity index (χ1n) is 6.37. The largest absolute Gasteiger partial charge is 0.387 e. The quantitative estimate of drug-likeness (QED) is 0.758. The van der Waals surface area contributed by atoms with Crippen molar-refractivity contribution in [3.8, 4) is 0 Å². The number of benzene rings is 1. The topological polar surface area (TPSA) is 66.4 Å². The summed E-state index contributed by atoms with van der Waals surface area (Å²) < 4.78 is 26.7. The predicted molar refractivity (Wildman–Crippen MR) is 85.3 cm³/mol. The van der Waals surface area contributed by atoms with Gasteiger partial charge in [-0.2, -0.15) is 11.3 Å². The van der Waals surface area contributed by atoms with E-state index >= 15 is 0 Å². The third-order valence-electron chi connectivity index (χ3n) is 3.01. The number of rotatable bonds is 7. The zero-order chi connectivity index (χ0) is 15.3. The maximum Gasteiger partial charge on any atom is 0.240 e. The van der Waals surface area contributed by atoms with Crippen molar-refractivity contribution in [3.63, 3.8) is 0 Å². The van der Waals surface area contributed by atoms with Crippen molar-refractivity contribution in [1.29, 1.82) is 0 Å². The Morgan fingerprint density at radius 2 is 1.95 bits per heavy atom. The lowest BCUT2D eigenvalue weighted by molar-refractivity contribution is 0.182. The lowest BCUT2D eigenvalue weighted by Crippen LogP contribution is -2.28. The molecule has 21 heavy (non-hydrogen) atoms. The monoisotopic (exact) mass is 345 g/mol. The van der Waals surface area contributed by atoms with Crippen molar-refractivity contribution in [1.82, 2.24) is 4.72 Å². The molecule has 1 heterocycles. The summed E-state index contributed by atoms with van der Waals surface area (Å²) in [7, 11) is -3.62. The molecule has 2 rings (SSSR count). The Morgan fingerprint density at radius 3 is 2.52 bits per heavy atom. The number of sulfonamides is 1. The molecule has 1 aromatic heterocycles. The Morgan fingerprint density at radius 1 is 1.24 bits per heavy atom. The highest BCUT2D eigenvalue weighted by Gasteiger charge is 2.16. The molecule has 1 atom stereocenters. The average Bonchev–Trinajstić information content (AvgIpc) is 3.00. The first-order chi connectivity index (χ1) is 10.0. The third kappa shape index (κ3) is 4.52. The van der Waals surface area contributed by atoms with Gasteiger partial charge in [-0.25, -0.2) is 13.1 Å². The standard InChI is InChI=1S/C14H16ClNO3S2/c15-7-5-11-1-3-13(4-2-11)21(18,19)16-9-14(17)12-6-8-20-10-12/h1-4,6,8,10,14,16-17H,5,7,9H2. The summed E-state index contributed by atoms with van der Waals surface area (Å²) in [6.07, 6.45) is -0.145. The van der Waals surface area contributed by atoms with Crippen molar-refractivity contribution in [2.75, 3.05) is 12.4 Å². The van der Waals surface area contributed by atoms with Crippen LogP contribution in [0.1, 0.15) is 17.2 Å². The zero-order valence-electron chi connectivity index (χ0n) is 11.2. The highest BCUT2D eigenvalue weighted by Crippen LogP contribution is 2.17. The van der Waals surface area contributed by atoms with Gasteiger partial charge in [0.15, 0.2) is 0 Å². The van der Waals surface area contributed by atoms with Crippen LogP contribution < -0.4 is 4.72 Å². The number of halogens is 1. The van der Waals surface area contributed by atoms with Crippen LogP contribution in [0.25, 0.3) is 0 Å². The van der Waals surface area contributed by atoms with Crippen molar-refractivity contribution in [2.45, 2.75) is 17.4 Å². The fourth-order valence-electron chi connectivity index (χ4n) is 1.80. The number of thiophene rings is 1. The van der Waals surface area contributed by atoms with E-state index in [0.29, 0.717) is 17.9 Å². The maximum atomic E-state index is 12.1. The minimum Gasteiger partial charge on any atom is -0.387 e. The smallest absolute Gasteiger partial charge is 0.240 e. The second-order valence-electron chi connectivity index (χ2n) is 4.51. The number of nitrogens with one attached hydrogen (secondary N) is 1. The molecule has 2 N–H and O–H groups in total. The molecule has 114 valence electrons.